The second kappa shape index (κ2) is 8.91. The summed E-state index contributed by atoms with van der Waals surface area (Å²) in [4.78, 5) is 0. The van der Waals surface area contributed by atoms with Crippen LogP contribution in [-0.2, 0) is 6.42 Å². The van der Waals surface area contributed by atoms with Gasteiger partial charge in [0.1, 0.15) is 0 Å². The molecule has 0 radical (unpaired) electrons. The predicted molar refractivity (Wildman–Crippen MR) is 145 cm³/mol. The first kappa shape index (κ1) is 21.4. The highest BCUT2D eigenvalue weighted by molar-refractivity contribution is 6.10. The Kier molecular flexibility index (Phi) is 5.30. The first-order valence-electron chi connectivity index (χ1n) is 11.9. The molecule has 0 saturated carbocycles. The van der Waals surface area contributed by atoms with Crippen LogP contribution in [-0.4, -0.2) is 4.57 Å². The number of benzene rings is 5. The second-order valence-corrected chi connectivity index (χ2v) is 8.90. The zero-order chi connectivity index (χ0) is 24.5. The van der Waals surface area contributed by atoms with Crippen molar-refractivity contribution in [1.29, 1.82) is 10.5 Å². The fraction of sp³-hybridized carbons (Fsp3) is 0.0303. The Morgan fingerprint density at radius 2 is 1.22 bits per heavy atom. The molecule has 0 spiro atoms. The molecule has 0 N–H and O–H groups in total. The van der Waals surface area contributed by atoms with Gasteiger partial charge >= 0.3 is 0 Å². The van der Waals surface area contributed by atoms with E-state index in [1.807, 2.05) is 24.3 Å². The molecule has 0 aliphatic carbocycles. The van der Waals surface area contributed by atoms with Crippen molar-refractivity contribution in [2.75, 3.05) is 0 Å². The van der Waals surface area contributed by atoms with Gasteiger partial charge in [-0.2, -0.15) is 10.5 Å². The Bertz CT molecular complexity index is 1800. The Balaban J connectivity index is 1.55. The van der Waals surface area contributed by atoms with Crippen molar-refractivity contribution in [3.8, 4) is 29.0 Å². The number of nitriles is 2. The van der Waals surface area contributed by atoms with Crippen LogP contribution >= 0.6 is 0 Å². The van der Waals surface area contributed by atoms with Gasteiger partial charge in [-0.3, -0.25) is 0 Å². The van der Waals surface area contributed by atoms with Gasteiger partial charge in [-0.15, -0.1) is 0 Å². The zero-order valence-corrected chi connectivity index (χ0v) is 19.5. The molecule has 0 amide bonds. The van der Waals surface area contributed by atoms with Crippen molar-refractivity contribution in [3.63, 3.8) is 0 Å². The lowest BCUT2D eigenvalue weighted by Crippen LogP contribution is -2.01. The summed E-state index contributed by atoms with van der Waals surface area (Å²) in [6, 6.07) is 43.7. The van der Waals surface area contributed by atoms with Gasteiger partial charge in [-0.05, 0) is 71.1 Å². The average molecular weight is 460 g/mol. The Labute approximate surface area is 209 Å². The van der Waals surface area contributed by atoms with E-state index in [0.29, 0.717) is 17.5 Å². The molecule has 0 atom stereocenters. The quantitative estimate of drug-likeness (QED) is 0.270. The van der Waals surface area contributed by atoms with Gasteiger partial charge in [0, 0.05) is 16.5 Å². The van der Waals surface area contributed by atoms with Gasteiger partial charge in [0.15, 0.2) is 0 Å². The van der Waals surface area contributed by atoms with Crippen LogP contribution in [0.1, 0.15) is 22.3 Å². The highest BCUT2D eigenvalue weighted by Crippen LogP contribution is 2.36. The lowest BCUT2D eigenvalue weighted by Gasteiger charge is -2.14. The van der Waals surface area contributed by atoms with E-state index in [4.69, 9.17) is 0 Å². The summed E-state index contributed by atoms with van der Waals surface area (Å²) in [5.74, 6) is 0. The van der Waals surface area contributed by atoms with Crippen LogP contribution in [0.15, 0.2) is 115 Å². The number of hydrogen-bond acceptors (Lipinski definition) is 2. The number of rotatable bonds is 4. The third-order valence-corrected chi connectivity index (χ3v) is 6.66. The molecule has 0 aliphatic heterocycles. The normalized spacial score (nSPS) is 10.8. The Hall–Kier alpha value is -5.12. The van der Waals surface area contributed by atoms with Crippen LogP contribution in [0.25, 0.3) is 38.6 Å². The maximum atomic E-state index is 9.43. The molecule has 3 heteroatoms. The number of nitrogens with zero attached hydrogens (tertiary/aromatic N) is 3. The minimum absolute atomic E-state index is 0.506. The number of hydrogen-bond donors (Lipinski definition) is 0. The molecule has 6 rings (SSSR count). The fourth-order valence-corrected chi connectivity index (χ4v) is 5.06. The summed E-state index contributed by atoms with van der Waals surface area (Å²) in [7, 11) is 0. The molecule has 0 bridgehead atoms. The highest BCUT2D eigenvalue weighted by atomic mass is 15.0. The molecular formula is C33H21N3. The highest BCUT2D eigenvalue weighted by Gasteiger charge is 2.15. The summed E-state index contributed by atoms with van der Waals surface area (Å²) < 4.78 is 2.33. The molecule has 36 heavy (non-hydrogen) atoms. The molecule has 0 fully saturated rings. The molecule has 1 aromatic heterocycles. The molecule has 0 saturated heterocycles. The molecule has 0 unspecified atom stereocenters. The largest absolute Gasteiger partial charge is 0.309 e. The van der Waals surface area contributed by atoms with Crippen molar-refractivity contribution in [1.82, 2.24) is 4.57 Å². The van der Waals surface area contributed by atoms with Gasteiger partial charge < -0.3 is 4.57 Å². The van der Waals surface area contributed by atoms with Crippen molar-refractivity contribution >= 4 is 21.8 Å². The van der Waals surface area contributed by atoms with E-state index in [2.05, 4.69) is 102 Å². The van der Waals surface area contributed by atoms with Crippen molar-refractivity contribution in [2.24, 2.45) is 0 Å². The fourth-order valence-electron chi connectivity index (χ4n) is 5.06. The zero-order valence-electron chi connectivity index (χ0n) is 19.5. The van der Waals surface area contributed by atoms with Gasteiger partial charge in [-0.1, -0.05) is 72.8 Å². The predicted octanol–water partition coefficient (Wildman–Crippen LogP) is 7.78. The standard InChI is InChI=1S/C33H21N3/c34-21-24-16-23(17-25(18-24)22-35)19-28-10-4-6-12-31(28)36-32-13-7-5-11-29(32)30-20-27(14-15-33(30)36)26-8-2-1-3-9-26/h1-18,20H,19H2. The van der Waals surface area contributed by atoms with Crippen LogP contribution in [0, 0.1) is 22.7 Å². The first-order valence-corrected chi connectivity index (χ1v) is 11.9. The summed E-state index contributed by atoms with van der Waals surface area (Å²) in [6.07, 6.45) is 0.622. The minimum atomic E-state index is 0.506. The topological polar surface area (TPSA) is 52.5 Å². The molecular weight excluding hydrogens is 438 g/mol. The summed E-state index contributed by atoms with van der Waals surface area (Å²) >= 11 is 0. The van der Waals surface area contributed by atoms with E-state index in [-0.39, 0.29) is 0 Å². The van der Waals surface area contributed by atoms with Crippen LogP contribution in [0.3, 0.4) is 0 Å². The molecule has 3 nitrogen and oxygen atoms in total. The Morgan fingerprint density at radius 1 is 0.556 bits per heavy atom. The SMILES string of the molecule is N#Cc1cc(C#N)cc(Cc2ccccc2-n2c3ccccc3c3cc(-c4ccccc4)ccc32)c1. The third-order valence-electron chi connectivity index (χ3n) is 6.66. The lowest BCUT2D eigenvalue weighted by molar-refractivity contribution is 1.09. The van der Waals surface area contributed by atoms with Crippen molar-refractivity contribution < 1.29 is 0 Å². The molecule has 1 heterocycles. The summed E-state index contributed by atoms with van der Waals surface area (Å²) in [5, 5.41) is 21.3. The van der Waals surface area contributed by atoms with E-state index < -0.39 is 0 Å². The van der Waals surface area contributed by atoms with Crippen LogP contribution in [0.4, 0.5) is 0 Å². The maximum Gasteiger partial charge on any atom is 0.0992 e. The summed E-state index contributed by atoms with van der Waals surface area (Å²) in [5.41, 5.74) is 8.87. The van der Waals surface area contributed by atoms with E-state index in [1.165, 1.54) is 21.9 Å². The van der Waals surface area contributed by atoms with E-state index in [0.717, 1.165) is 27.8 Å². The van der Waals surface area contributed by atoms with E-state index in [9.17, 15) is 10.5 Å². The van der Waals surface area contributed by atoms with Gasteiger partial charge in [0.25, 0.3) is 0 Å². The molecule has 168 valence electrons. The Morgan fingerprint density at radius 3 is 2.00 bits per heavy atom. The lowest BCUT2D eigenvalue weighted by atomic mass is 9.99. The van der Waals surface area contributed by atoms with Gasteiger partial charge in [-0.25, -0.2) is 0 Å². The summed E-state index contributed by atoms with van der Waals surface area (Å²) in [6.45, 7) is 0. The third kappa shape index (κ3) is 3.70. The monoisotopic (exact) mass is 459 g/mol. The molecule has 5 aromatic carbocycles. The van der Waals surface area contributed by atoms with Crippen molar-refractivity contribution in [3.05, 3.63) is 138 Å². The molecule has 6 aromatic rings. The number of aromatic nitrogens is 1. The van der Waals surface area contributed by atoms with Gasteiger partial charge in [0.05, 0.1) is 34.3 Å². The van der Waals surface area contributed by atoms with E-state index in [1.54, 1.807) is 6.07 Å². The van der Waals surface area contributed by atoms with Gasteiger partial charge in [0.2, 0.25) is 0 Å². The maximum absolute atomic E-state index is 9.43. The first-order chi connectivity index (χ1) is 17.7. The van der Waals surface area contributed by atoms with Crippen LogP contribution in [0.2, 0.25) is 0 Å². The second-order valence-electron chi connectivity index (χ2n) is 8.90. The number of fused-ring (bicyclic) bond motifs is 3. The van der Waals surface area contributed by atoms with Crippen LogP contribution < -0.4 is 0 Å². The molecule has 0 aliphatic rings. The average Bonchev–Trinajstić information content (AvgIpc) is 3.27. The van der Waals surface area contributed by atoms with Crippen LogP contribution in [0.5, 0.6) is 0 Å². The number of para-hydroxylation sites is 2. The smallest absolute Gasteiger partial charge is 0.0992 e. The minimum Gasteiger partial charge on any atom is -0.309 e. The van der Waals surface area contributed by atoms with E-state index >= 15 is 0 Å². The van der Waals surface area contributed by atoms with Crippen molar-refractivity contribution in [2.45, 2.75) is 6.42 Å².